The molecule has 0 amide bonds. The summed E-state index contributed by atoms with van der Waals surface area (Å²) in [7, 11) is 0. The number of allylic oxidation sites excluding steroid dienone is 6. The molecule has 0 saturated heterocycles. The van der Waals surface area contributed by atoms with E-state index in [0.717, 1.165) is 0 Å². The number of rotatable bonds is 3. The first-order valence-electron chi connectivity index (χ1n) is 5.97. The molecule has 1 aromatic rings. The molecule has 0 saturated carbocycles. The minimum atomic E-state index is -0.310. The molecule has 0 fully saturated rings. The summed E-state index contributed by atoms with van der Waals surface area (Å²) in [5.41, 5.74) is 0.0345. The normalized spacial score (nSPS) is 11.7. The molecule has 1 rings (SSSR count). The van der Waals surface area contributed by atoms with Gasteiger partial charge in [-0.2, -0.15) is 0 Å². The van der Waals surface area contributed by atoms with E-state index in [1.165, 1.54) is 16.8 Å². The number of aromatic nitrogens is 2. The molecule has 0 aliphatic carbocycles. The van der Waals surface area contributed by atoms with Crippen molar-refractivity contribution in [1.82, 2.24) is 9.78 Å². The van der Waals surface area contributed by atoms with Crippen LogP contribution in [0.3, 0.4) is 0 Å². The van der Waals surface area contributed by atoms with Crippen molar-refractivity contribution in [3.05, 3.63) is 63.2 Å². The topological polar surface area (TPSA) is 54.9 Å². The SMILES string of the molecule is CC.C\C=C/C=C(\C=C/C)n1[nH]c(=O)ccc1=O. The summed E-state index contributed by atoms with van der Waals surface area (Å²) in [6.07, 6.45) is 8.93. The van der Waals surface area contributed by atoms with Crippen LogP contribution in [-0.4, -0.2) is 9.78 Å². The molecular formula is C14H20N2O2. The van der Waals surface area contributed by atoms with Crippen molar-refractivity contribution in [3.8, 4) is 0 Å². The molecule has 0 spiro atoms. The highest BCUT2D eigenvalue weighted by molar-refractivity contribution is 5.57. The Morgan fingerprint density at radius 3 is 2.39 bits per heavy atom. The van der Waals surface area contributed by atoms with Gasteiger partial charge in [0, 0.05) is 12.1 Å². The standard InChI is InChI=1S/C12H14N2O2.C2H6/c1-3-5-7-10(6-4-2)14-12(16)9-8-11(15)13-14;1-2/h3-9H,1-2H3,(H,13,15);1-2H3/b5-3-,6-4-,10-7+;. The van der Waals surface area contributed by atoms with Crippen LogP contribution in [0.4, 0.5) is 0 Å². The molecule has 1 aromatic heterocycles. The first-order valence-corrected chi connectivity index (χ1v) is 5.97. The zero-order valence-corrected chi connectivity index (χ0v) is 11.3. The van der Waals surface area contributed by atoms with Gasteiger partial charge in [-0.05, 0) is 26.0 Å². The molecule has 1 N–H and O–H groups in total. The van der Waals surface area contributed by atoms with Crippen molar-refractivity contribution in [1.29, 1.82) is 0 Å². The van der Waals surface area contributed by atoms with Crippen molar-refractivity contribution in [2.75, 3.05) is 0 Å². The van der Waals surface area contributed by atoms with E-state index in [9.17, 15) is 9.59 Å². The van der Waals surface area contributed by atoms with E-state index in [4.69, 9.17) is 0 Å². The minimum absolute atomic E-state index is 0.270. The lowest BCUT2D eigenvalue weighted by atomic mass is 10.3. The number of nitrogens with zero attached hydrogens (tertiary/aromatic N) is 1. The van der Waals surface area contributed by atoms with Gasteiger partial charge in [-0.1, -0.05) is 32.1 Å². The summed E-state index contributed by atoms with van der Waals surface area (Å²) < 4.78 is 1.21. The Labute approximate surface area is 107 Å². The van der Waals surface area contributed by atoms with Crippen molar-refractivity contribution in [2.24, 2.45) is 0 Å². The highest BCUT2D eigenvalue weighted by atomic mass is 16.1. The van der Waals surface area contributed by atoms with E-state index in [2.05, 4.69) is 5.10 Å². The molecule has 1 heterocycles. The Bertz CT molecular complexity index is 545. The van der Waals surface area contributed by atoms with E-state index in [0.29, 0.717) is 5.70 Å². The fourth-order valence-corrected chi connectivity index (χ4v) is 1.19. The third-order valence-electron chi connectivity index (χ3n) is 1.87. The van der Waals surface area contributed by atoms with Crippen LogP contribution >= 0.6 is 0 Å². The third-order valence-corrected chi connectivity index (χ3v) is 1.87. The van der Waals surface area contributed by atoms with Gasteiger partial charge in [-0.3, -0.25) is 14.7 Å². The minimum Gasteiger partial charge on any atom is -0.268 e. The Kier molecular flexibility index (Phi) is 7.94. The Balaban J connectivity index is 0.00000137. The van der Waals surface area contributed by atoms with Crippen LogP contribution in [0.2, 0.25) is 0 Å². The van der Waals surface area contributed by atoms with Gasteiger partial charge >= 0.3 is 0 Å². The van der Waals surface area contributed by atoms with E-state index < -0.39 is 0 Å². The fraction of sp³-hybridized carbons (Fsp3) is 0.286. The second kappa shape index (κ2) is 8.98. The van der Waals surface area contributed by atoms with Gasteiger partial charge in [0.1, 0.15) is 0 Å². The lowest BCUT2D eigenvalue weighted by molar-refractivity contribution is 0.809. The van der Waals surface area contributed by atoms with Crippen molar-refractivity contribution < 1.29 is 0 Å². The van der Waals surface area contributed by atoms with Gasteiger partial charge in [0.05, 0.1) is 5.70 Å². The zero-order chi connectivity index (χ0) is 14.0. The highest BCUT2D eigenvalue weighted by Crippen LogP contribution is 2.00. The van der Waals surface area contributed by atoms with Crippen molar-refractivity contribution in [3.63, 3.8) is 0 Å². The number of aromatic amines is 1. The number of hydrogen-bond acceptors (Lipinski definition) is 2. The maximum absolute atomic E-state index is 11.5. The molecule has 0 aromatic carbocycles. The molecule has 18 heavy (non-hydrogen) atoms. The monoisotopic (exact) mass is 248 g/mol. The van der Waals surface area contributed by atoms with Crippen molar-refractivity contribution >= 4 is 5.70 Å². The lowest BCUT2D eigenvalue weighted by Crippen LogP contribution is -2.26. The Morgan fingerprint density at radius 1 is 1.17 bits per heavy atom. The number of nitrogens with one attached hydrogen (secondary N) is 1. The van der Waals surface area contributed by atoms with Crippen LogP contribution < -0.4 is 11.1 Å². The molecule has 0 bridgehead atoms. The maximum atomic E-state index is 11.5. The number of H-pyrrole nitrogens is 1. The first kappa shape index (κ1) is 15.9. The van der Waals surface area contributed by atoms with E-state index in [1.54, 1.807) is 24.3 Å². The van der Waals surface area contributed by atoms with Gasteiger partial charge in [0.25, 0.3) is 11.1 Å². The van der Waals surface area contributed by atoms with E-state index in [-0.39, 0.29) is 11.1 Å². The van der Waals surface area contributed by atoms with Gasteiger partial charge in [-0.25, -0.2) is 4.68 Å². The summed E-state index contributed by atoms with van der Waals surface area (Å²) in [4.78, 5) is 22.7. The molecule has 4 heteroatoms. The molecule has 4 nitrogen and oxygen atoms in total. The molecule has 0 atom stereocenters. The summed E-state index contributed by atoms with van der Waals surface area (Å²) in [5.74, 6) is 0. The smallest absolute Gasteiger partial charge is 0.268 e. The van der Waals surface area contributed by atoms with E-state index in [1.807, 2.05) is 33.8 Å². The molecule has 0 aliphatic rings. The van der Waals surface area contributed by atoms with Crippen LogP contribution in [0.1, 0.15) is 27.7 Å². The van der Waals surface area contributed by atoms with Crippen molar-refractivity contribution in [2.45, 2.75) is 27.7 Å². The van der Waals surface area contributed by atoms with Crippen LogP contribution in [0, 0.1) is 0 Å². The van der Waals surface area contributed by atoms with E-state index >= 15 is 0 Å². The van der Waals surface area contributed by atoms with Gasteiger partial charge < -0.3 is 0 Å². The molecule has 0 aliphatic heterocycles. The zero-order valence-electron chi connectivity index (χ0n) is 11.3. The number of hydrogen-bond donors (Lipinski definition) is 1. The molecule has 98 valence electrons. The second-order valence-electron chi connectivity index (χ2n) is 3.10. The van der Waals surface area contributed by atoms with Crippen LogP contribution in [0.25, 0.3) is 5.70 Å². The average molecular weight is 248 g/mol. The quantitative estimate of drug-likeness (QED) is 0.836. The highest BCUT2D eigenvalue weighted by Gasteiger charge is 1.98. The maximum Gasteiger partial charge on any atom is 0.269 e. The summed E-state index contributed by atoms with van der Waals surface area (Å²) >= 11 is 0. The van der Waals surface area contributed by atoms with Gasteiger partial charge in [0.15, 0.2) is 0 Å². The average Bonchev–Trinajstić information content (AvgIpc) is 2.40. The predicted octanol–water partition coefficient (Wildman–Crippen LogP) is 2.56. The largest absolute Gasteiger partial charge is 0.269 e. The summed E-state index contributed by atoms with van der Waals surface area (Å²) in [5, 5.41) is 2.46. The lowest BCUT2D eigenvalue weighted by Gasteiger charge is -2.04. The first-order chi connectivity index (χ1) is 8.69. The molecular weight excluding hydrogens is 228 g/mol. The predicted molar refractivity (Wildman–Crippen MR) is 76.6 cm³/mol. The van der Waals surface area contributed by atoms with Gasteiger partial charge in [-0.15, -0.1) is 0 Å². The second-order valence-corrected chi connectivity index (χ2v) is 3.10. The summed E-state index contributed by atoms with van der Waals surface area (Å²) in [6, 6.07) is 2.45. The third kappa shape index (κ3) is 4.82. The van der Waals surface area contributed by atoms with Crippen LogP contribution in [-0.2, 0) is 0 Å². The Hall–Kier alpha value is -2.10. The van der Waals surface area contributed by atoms with Crippen LogP contribution in [0.15, 0.2) is 52.1 Å². The summed E-state index contributed by atoms with van der Waals surface area (Å²) in [6.45, 7) is 7.72. The Morgan fingerprint density at radius 2 is 1.83 bits per heavy atom. The fourth-order valence-electron chi connectivity index (χ4n) is 1.19. The van der Waals surface area contributed by atoms with Crippen LogP contribution in [0.5, 0.6) is 0 Å². The molecule has 0 unspecified atom stereocenters. The molecule has 0 radical (unpaired) electrons. The van der Waals surface area contributed by atoms with Gasteiger partial charge in [0.2, 0.25) is 0 Å².